The van der Waals surface area contributed by atoms with Crippen molar-refractivity contribution in [1.29, 1.82) is 0 Å². The first-order chi connectivity index (χ1) is 12.1. The Balaban J connectivity index is -0.00000288. The van der Waals surface area contributed by atoms with Gasteiger partial charge in [0.15, 0.2) is 0 Å². The Hall–Kier alpha value is 0.316. The van der Waals surface area contributed by atoms with Crippen LogP contribution < -0.4 is 51.4 Å². The van der Waals surface area contributed by atoms with Gasteiger partial charge in [-0.15, -0.1) is 0 Å². The molecule has 0 saturated carbocycles. The summed E-state index contributed by atoms with van der Waals surface area (Å²) in [5, 5.41) is 8.64. The van der Waals surface area contributed by atoms with Gasteiger partial charge in [-0.25, -0.2) is 0 Å². The zero-order chi connectivity index (χ0) is 18.8. The van der Waals surface area contributed by atoms with Crippen molar-refractivity contribution in [2.45, 2.75) is 96.8 Å². The molecule has 0 rings (SSSR count). The number of unbranched alkanes of at least 4 members (excludes halogenated alkanes) is 11. The van der Waals surface area contributed by atoms with Gasteiger partial charge >= 0.3 is 57.4 Å². The molecule has 0 aromatic heterocycles. The summed E-state index contributed by atoms with van der Waals surface area (Å²) in [5.41, 5.74) is 0. The van der Waals surface area contributed by atoms with Crippen LogP contribution in [0.3, 0.4) is 0 Å². The number of nitrogens with zero attached hydrogens (tertiary/aromatic N) is 1. The molecule has 5 heteroatoms. The number of allylic oxidation sites excluding steroid dienone is 2. The van der Waals surface area contributed by atoms with Gasteiger partial charge in [0.25, 0.3) is 0 Å². The fraction of sp³-hybridized carbons (Fsp3) is 0.810. The number of likely N-dealkylation sites (N-methyl/N-ethyl adjacent to an activating group) is 1. The van der Waals surface area contributed by atoms with Crippen LogP contribution in [0.5, 0.6) is 0 Å². The van der Waals surface area contributed by atoms with Gasteiger partial charge in [-0.2, -0.15) is 0 Å². The molecule has 0 fully saturated rings. The Morgan fingerprint density at radius 3 is 1.81 bits per heavy atom. The van der Waals surface area contributed by atoms with E-state index in [2.05, 4.69) is 19.1 Å². The van der Waals surface area contributed by atoms with Crippen LogP contribution >= 0.6 is 0 Å². The summed E-state index contributed by atoms with van der Waals surface area (Å²) in [4.78, 5) is 23.5. The van der Waals surface area contributed by atoms with Crippen molar-refractivity contribution in [2.24, 2.45) is 0 Å². The molecule has 1 amide bonds. The standard InChI is InChI=1S/C21H39NO3.K.H/c1-3-4-5-6-7-8-9-10-11-12-13-14-15-16-17-18-20(23)22(2)19-21(24)25;;/h10-11H,3-9,12-19H2,1-2H3,(H,24,25);;/q;+1;-1/b11-10-;;. The molecule has 0 unspecified atom stereocenters. The number of hydrogen-bond donors (Lipinski definition) is 1. The summed E-state index contributed by atoms with van der Waals surface area (Å²) in [5.74, 6) is -1.03. The number of rotatable bonds is 17. The van der Waals surface area contributed by atoms with Crippen LogP contribution in [0.1, 0.15) is 98.2 Å². The van der Waals surface area contributed by atoms with E-state index in [1.165, 1.54) is 62.7 Å². The zero-order valence-corrected chi connectivity index (χ0v) is 20.6. The number of carboxylic acids is 1. The van der Waals surface area contributed by atoms with Crippen LogP contribution in [0.15, 0.2) is 12.2 Å². The van der Waals surface area contributed by atoms with Crippen molar-refractivity contribution in [3.63, 3.8) is 0 Å². The van der Waals surface area contributed by atoms with Crippen LogP contribution in [0.2, 0.25) is 0 Å². The van der Waals surface area contributed by atoms with Gasteiger partial charge in [-0.3, -0.25) is 9.59 Å². The minimum absolute atomic E-state index is 0. The van der Waals surface area contributed by atoms with E-state index in [4.69, 9.17) is 5.11 Å². The van der Waals surface area contributed by atoms with E-state index in [9.17, 15) is 9.59 Å². The normalized spacial score (nSPS) is 10.7. The summed E-state index contributed by atoms with van der Waals surface area (Å²) in [7, 11) is 1.55. The van der Waals surface area contributed by atoms with Gasteiger partial charge in [-0.05, 0) is 32.1 Å². The van der Waals surface area contributed by atoms with E-state index < -0.39 is 5.97 Å². The fourth-order valence-electron chi connectivity index (χ4n) is 2.83. The first-order valence-electron chi connectivity index (χ1n) is 10.2. The molecule has 4 nitrogen and oxygen atoms in total. The number of hydrogen-bond acceptors (Lipinski definition) is 2. The molecule has 26 heavy (non-hydrogen) atoms. The molecule has 0 aromatic rings. The van der Waals surface area contributed by atoms with Crippen molar-refractivity contribution < 1.29 is 67.5 Å². The van der Waals surface area contributed by atoms with Crippen molar-refractivity contribution in [1.82, 2.24) is 4.90 Å². The first kappa shape index (κ1) is 28.5. The van der Waals surface area contributed by atoms with E-state index in [0.29, 0.717) is 6.42 Å². The molecule has 0 atom stereocenters. The van der Waals surface area contributed by atoms with Gasteiger partial charge in [0.2, 0.25) is 5.91 Å². The second kappa shape index (κ2) is 21.6. The quantitative estimate of drug-likeness (QED) is 0.235. The average molecular weight is 394 g/mol. The van der Waals surface area contributed by atoms with Gasteiger partial charge in [-0.1, -0.05) is 70.4 Å². The van der Waals surface area contributed by atoms with Crippen LogP contribution in [0.4, 0.5) is 0 Å². The average Bonchev–Trinajstić information content (AvgIpc) is 2.57. The molecule has 0 heterocycles. The van der Waals surface area contributed by atoms with E-state index in [-0.39, 0.29) is 65.3 Å². The fourth-order valence-corrected chi connectivity index (χ4v) is 2.83. The summed E-state index contributed by atoms with van der Waals surface area (Å²) >= 11 is 0. The molecule has 1 N–H and O–H groups in total. The molecule has 148 valence electrons. The number of carbonyl (C=O) groups is 2. The Morgan fingerprint density at radius 1 is 0.846 bits per heavy atom. The SMILES string of the molecule is CCCCCCCC/C=C\CCCCCCCC(=O)N(C)CC(=O)O.[H-].[K+]. The van der Waals surface area contributed by atoms with E-state index in [1.807, 2.05) is 0 Å². The van der Waals surface area contributed by atoms with Gasteiger partial charge in [0.05, 0.1) is 0 Å². The maximum absolute atomic E-state index is 11.7. The third-order valence-corrected chi connectivity index (χ3v) is 4.45. The van der Waals surface area contributed by atoms with Crippen LogP contribution in [0.25, 0.3) is 0 Å². The molecule has 0 aliphatic heterocycles. The third kappa shape index (κ3) is 20.6. The zero-order valence-electron chi connectivity index (χ0n) is 18.5. The number of amides is 1. The topological polar surface area (TPSA) is 57.6 Å². The van der Waals surface area contributed by atoms with E-state index >= 15 is 0 Å². The van der Waals surface area contributed by atoms with Crippen LogP contribution in [-0.2, 0) is 9.59 Å². The maximum Gasteiger partial charge on any atom is 1.00 e. The first-order valence-corrected chi connectivity index (χ1v) is 10.2. The molecule has 0 saturated heterocycles. The second-order valence-electron chi connectivity index (χ2n) is 6.98. The van der Waals surface area contributed by atoms with Gasteiger partial charge in [0, 0.05) is 13.5 Å². The minimum Gasteiger partial charge on any atom is -1.00 e. The van der Waals surface area contributed by atoms with Gasteiger partial charge in [0.1, 0.15) is 6.54 Å². The molecule has 0 aromatic carbocycles. The predicted octanol–water partition coefficient (Wildman–Crippen LogP) is 2.68. The molecule has 0 aliphatic carbocycles. The number of carboxylic acid groups (broad SMARTS) is 1. The Kier molecular flexibility index (Phi) is 23.7. The monoisotopic (exact) mass is 393 g/mol. The van der Waals surface area contributed by atoms with Gasteiger partial charge < -0.3 is 11.4 Å². The molecule has 0 aliphatic rings. The van der Waals surface area contributed by atoms with Crippen LogP contribution in [0, 0.1) is 0 Å². The molecule has 0 bridgehead atoms. The summed E-state index contributed by atoms with van der Waals surface area (Å²) in [6.07, 6.45) is 21.1. The van der Waals surface area contributed by atoms with Crippen molar-refractivity contribution in [3.8, 4) is 0 Å². The maximum atomic E-state index is 11.7. The Morgan fingerprint density at radius 2 is 1.31 bits per heavy atom. The van der Waals surface area contributed by atoms with E-state index in [0.717, 1.165) is 25.7 Å². The van der Waals surface area contributed by atoms with Crippen molar-refractivity contribution >= 4 is 11.9 Å². The third-order valence-electron chi connectivity index (χ3n) is 4.45. The summed E-state index contributed by atoms with van der Waals surface area (Å²) < 4.78 is 0. The van der Waals surface area contributed by atoms with Crippen molar-refractivity contribution in [3.05, 3.63) is 12.2 Å². The number of carbonyl (C=O) groups excluding carboxylic acids is 1. The smallest absolute Gasteiger partial charge is 1.00 e. The predicted molar refractivity (Wildman–Crippen MR) is 106 cm³/mol. The molecule has 0 spiro atoms. The molecular formula is C21H40KNO3. The number of aliphatic carboxylic acids is 1. The van der Waals surface area contributed by atoms with Crippen LogP contribution in [-0.4, -0.2) is 35.5 Å². The minimum atomic E-state index is -0.958. The Labute approximate surface area is 205 Å². The summed E-state index contributed by atoms with van der Waals surface area (Å²) in [6, 6.07) is 0. The Bertz CT molecular complexity index is 378. The van der Waals surface area contributed by atoms with E-state index in [1.54, 1.807) is 7.05 Å². The largest absolute Gasteiger partial charge is 1.00 e. The second-order valence-corrected chi connectivity index (χ2v) is 6.98. The summed E-state index contributed by atoms with van der Waals surface area (Å²) in [6.45, 7) is 2.05. The molecule has 0 radical (unpaired) electrons. The van der Waals surface area contributed by atoms with Crippen molar-refractivity contribution in [2.75, 3.05) is 13.6 Å². The molecular weight excluding hydrogens is 353 g/mol.